The van der Waals surface area contributed by atoms with Gasteiger partial charge in [-0.25, -0.2) is 0 Å². The second-order valence-corrected chi connectivity index (χ2v) is 9.55. The molecular weight excluding hydrogens is 398 g/mol. The van der Waals surface area contributed by atoms with Crippen LogP contribution in [0.25, 0.3) is 0 Å². The zero-order valence-electron chi connectivity index (χ0n) is 17.5. The monoisotopic (exact) mass is 431 g/mol. The number of rotatable bonds is 15. The standard InChI is InChI=1S/C24H33NO2S2/c1-3-4-5-6-7-8-9-10-14-19-27-22(26)17-18-24(2,20-25)29-23(28)21-15-12-11-13-16-21/h3,11-13,15-16H,1,4-10,14,17-19H2,2H3. The minimum absolute atomic E-state index is 0.234. The molecule has 1 rings (SSSR count). The quantitative estimate of drug-likeness (QED) is 0.129. The molecule has 0 aliphatic carbocycles. The van der Waals surface area contributed by atoms with Crippen molar-refractivity contribution in [2.45, 2.75) is 75.9 Å². The third kappa shape index (κ3) is 11.8. The highest BCUT2D eigenvalue weighted by atomic mass is 32.2. The van der Waals surface area contributed by atoms with E-state index in [9.17, 15) is 10.1 Å². The molecule has 0 saturated heterocycles. The van der Waals surface area contributed by atoms with Crippen LogP contribution in [0.1, 0.15) is 76.7 Å². The summed E-state index contributed by atoms with van der Waals surface area (Å²) in [4.78, 5) is 12.0. The maximum atomic E-state index is 12.0. The number of carbonyl (C=O) groups is 1. The molecule has 0 heterocycles. The lowest BCUT2D eigenvalue weighted by molar-refractivity contribution is -0.143. The summed E-state index contributed by atoms with van der Waals surface area (Å²) in [5.74, 6) is -0.234. The fraction of sp³-hybridized carbons (Fsp3) is 0.542. The number of allylic oxidation sites excluding steroid dienone is 1. The van der Waals surface area contributed by atoms with Gasteiger partial charge in [0.2, 0.25) is 0 Å². The molecular formula is C24H33NO2S2. The van der Waals surface area contributed by atoms with Gasteiger partial charge >= 0.3 is 5.97 Å². The van der Waals surface area contributed by atoms with E-state index in [0.29, 0.717) is 17.2 Å². The van der Waals surface area contributed by atoms with Gasteiger partial charge in [0.25, 0.3) is 0 Å². The summed E-state index contributed by atoms with van der Waals surface area (Å²) in [6, 6.07) is 11.9. The fourth-order valence-electron chi connectivity index (χ4n) is 2.84. The van der Waals surface area contributed by atoms with Crippen LogP contribution in [-0.4, -0.2) is 21.5 Å². The van der Waals surface area contributed by atoms with Crippen LogP contribution in [0, 0.1) is 11.3 Å². The SMILES string of the molecule is C=CCCCCCCCCCOC(=O)CCC(C)(C#N)SC(=S)c1ccccc1. The second-order valence-electron chi connectivity index (χ2n) is 7.37. The predicted octanol–water partition coefficient (Wildman–Crippen LogP) is 7.01. The van der Waals surface area contributed by atoms with Crippen molar-refractivity contribution in [1.29, 1.82) is 5.26 Å². The van der Waals surface area contributed by atoms with Crippen LogP contribution in [-0.2, 0) is 9.53 Å². The van der Waals surface area contributed by atoms with Crippen LogP contribution >= 0.6 is 24.0 Å². The summed E-state index contributed by atoms with van der Waals surface area (Å²) in [5.41, 5.74) is 0.928. The summed E-state index contributed by atoms with van der Waals surface area (Å²) in [6.07, 6.45) is 11.9. The van der Waals surface area contributed by atoms with Crippen LogP contribution in [0.5, 0.6) is 0 Å². The number of ether oxygens (including phenoxy) is 1. The van der Waals surface area contributed by atoms with Crippen molar-refractivity contribution >= 4 is 34.1 Å². The van der Waals surface area contributed by atoms with Crippen molar-refractivity contribution in [3.8, 4) is 6.07 Å². The Kier molecular flexibility index (Phi) is 13.3. The molecule has 0 fully saturated rings. The molecule has 0 aliphatic rings. The van der Waals surface area contributed by atoms with Gasteiger partial charge in [-0.3, -0.25) is 4.79 Å². The number of thiocarbonyl (C=S) groups is 1. The number of unbranched alkanes of at least 4 members (excludes halogenated alkanes) is 7. The average Bonchev–Trinajstić information content (AvgIpc) is 2.74. The van der Waals surface area contributed by atoms with Crippen molar-refractivity contribution in [3.63, 3.8) is 0 Å². The fourth-order valence-corrected chi connectivity index (χ4v) is 4.44. The van der Waals surface area contributed by atoms with Gasteiger partial charge in [0.15, 0.2) is 0 Å². The molecule has 0 bridgehead atoms. The highest BCUT2D eigenvalue weighted by molar-refractivity contribution is 8.24. The van der Waals surface area contributed by atoms with Gasteiger partial charge in [0, 0.05) is 6.42 Å². The number of nitriles is 1. The normalized spacial score (nSPS) is 12.6. The summed E-state index contributed by atoms with van der Waals surface area (Å²) in [6.45, 7) is 6.03. The first-order valence-electron chi connectivity index (χ1n) is 10.5. The maximum Gasteiger partial charge on any atom is 0.305 e. The lowest BCUT2D eigenvalue weighted by atomic mass is 10.1. The zero-order valence-corrected chi connectivity index (χ0v) is 19.2. The largest absolute Gasteiger partial charge is 0.466 e. The van der Waals surface area contributed by atoms with E-state index in [4.69, 9.17) is 17.0 Å². The topological polar surface area (TPSA) is 50.1 Å². The summed E-state index contributed by atoms with van der Waals surface area (Å²) in [7, 11) is 0. The Balaban J connectivity index is 2.17. The lowest BCUT2D eigenvalue weighted by Gasteiger charge is -2.20. The van der Waals surface area contributed by atoms with Crippen LogP contribution in [0.2, 0.25) is 0 Å². The minimum Gasteiger partial charge on any atom is -0.466 e. The van der Waals surface area contributed by atoms with Crippen molar-refractivity contribution in [3.05, 3.63) is 48.6 Å². The molecule has 1 atom stereocenters. The van der Waals surface area contributed by atoms with Gasteiger partial charge in [0.1, 0.15) is 4.75 Å². The molecule has 0 saturated carbocycles. The van der Waals surface area contributed by atoms with Gasteiger partial charge in [0.05, 0.1) is 16.9 Å². The molecule has 0 aromatic heterocycles. The van der Waals surface area contributed by atoms with Crippen LogP contribution in [0.3, 0.4) is 0 Å². The van der Waals surface area contributed by atoms with E-state index in [1.807, 2.05) is 43.3 Å². The Labute approximate surface area is 185 Å². The van der Waals surface area contributed by atoms with Gasteiger partial charge in [-0.15, -0.1) is 6.58 Å². The van der Waals surface area contributed by atoms with E-state index in [1.165, 1.54) is 43.9 Å². The highest BCUT2D eigenvalue weighted by Crippen LogP contribution is 2.33. The van der Waals surface area contributed by atoms with E-state index < -0.39 is 4.75 Å². The van der Waals surface area contributed by atoms with Gasteiger partial charge in [-0.05, 0) is 38.2 Å². The molecule has 0 spiro atoms. The van der Waals surface area contributed by atoms with Crippen molar-refractivity contribution < 1.29 is 9.53 Å². The van der Waals surface area contributed by atoms with Crippen LogP contribution < -0.4 is 0 Å². The third-order valence-corrected chi connectivity index (χ3v) is 6.34. The maximum absolute atomic E-state index is 12.0. The molecule has 0 amide bonds. The van der Waals surface area contributed by atoms with E-state index in [0.717, 1.165) is 24.8 Å². The molecule has 29 heavy (non-hydrogen) atoms. The zero-order chi connectivity index (χ0) is 21.4. The number of esters is 1. The Hall–Kier alpha value is -1.64. The predicted molar refractivity (Wildman–Crippen MR) is 127 cm³/mol. The summed E-state index contributed by atoms with van der Waals surface area (Å²) < 4.78 is 5.26. The molecule has 158 valence electrons. The first-order chi connectivity index (χ1) is 14.0. The van der Waals surface area contributed by atoms with E-state index in [2.05, 4.69) is 12.6 Å². The molecule has 0 radical (unpaired) electrons. The second kappa shape index (κ2) is 15.2. The number of thioether (sulfide) groups is 1. The first-order valence-corrected chi connectivity index (χ1v) is 11.7. The van der Waals surface area contributed by atoms with Crippen LogP contribution in [0.4, 0.5) is 0 Å². The van der Waals surface area contributed by atoms with Gasteiger partial charge < -0.3 is 4.74 Å². The highest BCUT2D eigenvalue weighted by Gasteiger charge is 2.28. The number of hydrogen-bond acceptors (Lipinski definition) is 5. The Morgan fingerprint density at radius 2 is 1.79 bits per heavy atom. The number of carbonyl (C=O) groups excluding carboxylic acids is 1. The van der Waals surface area contributed by atoms with Crippen molar-refractivity contribution in [2.75, 3.05) is 6.61 Å². The van der Waals surface area contributed by atoms with E-state index in [1.54, 1.807) is 0 Å². The Morgan fingerprint density at radius 1 is 1.17 bits per heavy atom. The lowest BCUT2D eigenvalue weighted by Crippen LogP contribution is -2.22. The molecule has 1 aromatic carbocycles. The molecule has 3 nitrogen and oxygen atoms in total. The minimum atomic E-state index is -0.739. The molecule has 0 N–H and O–H groups in total. The van der Waals surface area contributed by atoms with Crippen LogP contribution in [0.15, 0.2) is 43.0 Å². The first kappa shape index (κ1) is 25.4. The Bertz CT molecular complexity index is 669. The average molecular weight is 432 g/mol. The van der Waals surface area contributed by atoms with Crippen molar-refractivity contribution in [2.24, 2.45) is 0 Å². The van der Waals surface area contributed by atoms with Gasteiger partial charge in [-0.1, -0.05) is 92.5 Å². The summed E-state index contributed by atoms with van der Waals surface area (Å²) in [5, 5.41) is 9.57. The molecule has 1 aromatic rings. The Morgan fingerprint density at radius 3 is 2.41 bits per heavy atom. The molecule has 5 heteroatoms. The number of benzene rings is 1. The summed E-state index contributed by atoms with van der Waals surface area (Å²) >= 11 is 6.80. The van der Waals surface area contributed by atoms with E-state index in [-0.39, 0.29) is 12.4 Å². The molecule has 0 aliphatic heterocycles. The molecule has 1 unspecified atom stereocenters. The number of hydrogen-bond donors (Lipinski definition) is 0. The number of nitrogens with zero attached hydrogens (tertiary/aromatic N) is 1. The van der Waals surface area contributed by atoms with E-state index >= 15 is 0 Å². The van der Waals surface area contributed by atoms with Crippen molar-refractivity contribution in [1.82, 2.24) is 0 Å². The smallest absolute Gasteiger partial charge is 0.305 e. The van der Waals surface area contributed by atoms with Gasteiger partial charge in [-0.2, -0.15) is 5.26 Å². The third-order valence-electron chi connectivity index (χ3n) is 4.69.